The molecule has 1 amide bonds. The molecule has 1 aliphatic heterocycles. The lowest BCUT2D eigenvalue weighted by Crippen LogP contribution is -2.49. The average molecular weight is 471 g/mol. The molecule has 1 aliphatic rings. The van der Waals surface area contributed by atoms with Crippen molar-refractivity contribution in [3.05, 3.63) is 84.3 Å². The van der Waals surface area contributed by atoms with E-state index in [1.54, 1.807) is 18.2 Å². The summed E-state index contributed by atoms with van der Waals surface area (Å²) in [5.74, 6) is 0.928. The fourth-order valence-electron chi connectivity index (χ4n) is 3.93. The van der Waals surface area contributed by atoms with Gasteiger partial charge in [-0.1, -0.05) is 18.2 Å². The highest BCUT2D eigenvalue weighted by Gasteiger charge is 2.23. The number of para-hydroxylation sites is 2. The van der Waals surface area contributed by atoms with Gasteiger partial charge in [-0.3, -0.25) is 14.6 Å². The second-order valence-corrected chi connectivity index (χ2v) is 7.65. The summed E-state index contributed by atoms with van der Waals surface area (Å²) in [7, 11) is 1.69. The highest BCUT2D eigenvalue weighted by Crippen LogP contribution is 2.28. The molecule has 8 heteroatoms. The molecule has 0 atom stereocenters. The molecule has 0 unspecified atom stereocenters. The molecule has 2 heterocycles. The topological polar surface area (TPSA) is 48.9 Å². The van der Waals surface area contributed by atoms with E-state index in [0.29, 0.717) is 17.9 Å². The van der Waals surface area contributed by atoms with Gasteiger partial charge in [-0.2, -0.15) is 0 Å². The van der Waals surface area contributed by atoms with Gasteiger partial charge in [0.1, 0.15) is 17.4 Å². The maximum Gasteiger partial charge on any atom is 0.259 e. The van der Waals surface area contributed by atoms with Crippen LogP contribution in [0.3, 0.4) is 0 Å². The molecule has 1 saturated heterocycles. The van der Waals surface area contributed by atoms with Crippen molar-refractivity contribution >= 4 is 29.8 Å². The largest absolute Gasteiger partial charge is 0.495 e. The Morgan fingerprint density at radius 1 is 1.00 bits per heavy atom. The molecule has 33 heavy (non-hydrogen) atoms. The third-order valence-electron chi connectivity index (χ3n) is 5.70. The molecule has 4 rings (SSSR count). The van der Waals surface area contributed by atoms with Crippen LogP contribution in [-0.4, -0.2) is 62.2 Å². The monoisotopic (exact) mass is 470 g/mol. The number of hydrogen-bond acceptors (Lipinski definition) is 5. The smallest absolute Gasteiger partial charge is 0.259 e. The number of pyridine rings is 1. The fraction of sp³-hybridized carbons (Fsp3) is 0.280. The van der Waals surface area contributed by atoms with E-state index in [2.05, 4.69) is 20.9 Å². The zero-order valence-electron chi connectivity index (χ0n) is 18.6. The number of piperazine rings is 1. The van der Waals surface area contributed by atoms with Gasteiger partial charge in [-0.25, -0.2) is 9.37 Å². The Morgan fingerprint density at radius 3 is 2.36 bits per heavy atom. The number of rotatable bonds is 7. The van der Waals surface area contributed by atoms with Gasteiger partial charge in [-0.05, 0) is 48.5 Å². The van der Waals surface area contributed by atoms with E-state index in [1.807, 2.05) is 36.4 Å². The molecule has 0 N–H and O–H groups in total. The second-order valence-electron chi connectivity index (χ2n) is 7.65. The van der Waals surface area contributed by atoms with Crippen molar-refractivity contribution in [1.82, 2.24) is 9.88 Å². The Labute approximate surface area is 200 Å². The molecule has 0 radical (unpaired) electrons. The van der Waals surface area contributed by atoms with Crippen LogP contribution in [0.1, 0.15) is 10.4 Å². The highest BCUT2D eigenvalue weighted by atomic mass is 35.5. The van der Waals surface area contributed by atoms with Gasteiger partial charge in [0.25, 0.3) is 5.91 Å². The van der Waals surface area contributed by atoms with E-state index < -0.39 is 0 Å². The van der Waals surface area contributed by atoms with Crippen LogP contribution in [0.25, 0.3) is 0 Å². The molecule has 1 fully saturated rings. The van der Waals surface area contributed by atoms with E-state index in [4.69, 9.17) is 4.74 Å². The van der Waals surface area contributed by atoms with Gasteiger partial charge in [-0.15, -0.1) is 12.4 Å². The van der Waals surface area contributed by atoms with Crippen molar-refractivity contribution in [2.45, 2.75) is 0 Å². The Kier molecular flexibility index (Phi) is 8.63. The predicted octanol–water partition coefficient (Wildman–Crippen LogP) is 4.12. The third-order valence-corrected chi connectivity index (χ3v) is 5.70. The van der Waals surface area contributed by atoms with Crippen molar-refractivity contribution in [3.63, 3.8) is 0 Å². The van der Waals surface area contributed by atoms with Gasteiger partial charge < -0.3 is 9.64 Å². The van der Waals surface area contributed by atoms with Crippen LogP contribution in [0.15, 0.2) is 72.9 Å². The summed E-state index contributed by atoms with van der Waals surface area (Å²) in [6.45, 7) is 4.77. The number of carbonyl (C=O) groups excluding carboxylic acids is 1. The van der Waals surface area contributed by atoms with Gasteiger partial charge in [0.05, 0.1) is 12.8 Å². The minimum Gasteiger partial charge on any atom is -0.495 e. The lowest BCUT2D eigenvalue weighted by Gasteiger charge is -2.37. The molecule has 1 aromatic heterocycles. The van der Waals surface area contributed by atoms with Crippen LogP contribution in [-0.2, 0) is 0 Å². The number of anilines is 2. The summed E-state index contributed by atoms with van der Waals surface area (Å²) in [6.07, 6.45) is 1.67. The molecule has 0 aliphatic carbocycles. The number of halogens is 2. The summed E-state index contributed by atoms with van der Waals surface area (Å²) >= 11 is 0. The van der Waals surface area contributed by atoms with Crippen molar-refractivity contribution in [3.8, 4) is 5.75 Å². The first-order valence-corrected chi connectivity index (χ1v) is 10.7. The number of aromatic nitrogens is 1. The van der Waals surface area contributed by atoms with Crippen molar-refractivity contribution < 1.29 is 13.9 Å². The Bertz CT molecular complexity index is 1030. The van der Waals surface area contributed by atoms with Crippen LogP contribution in [0.4, 0.5) is 15.9 Å². The minimum absolute atomic E-state index is 0. The van der Waals surface area contributed by atoms with Gasteiger partial charge in [0, 0.05) is 51.0 Å². The van der Waals surface area contributed by atoms with Crippen molar-refractivity contribution in [2.24, 2.45) is 0 Å². The maximum atomic E-state index is 13.3. The average Bonchev–Trinajstić information content (AvgIpc) is 2.85. The van der Waals surface area contributed by atoms with Crippen LogP contribution in [0, 0.1) is 5.82 Å². The van der Waals surface area contributed by atoms with Crippen LogP contribution in [0.5, 0.6) is 5.75 Å². The van der Waals surface area contributed by atoms with E-state index in [9.17, 15) is 9.18 Å². The number of benzene rings is 2. The number of nitrogens with zero attached hydrogens (tertiary/aromatic N) is 4. The lowest BCUT2D eigenvalue weighted by molar-refractivity contribution is 0.0982. The zero-order chi connectivity index (χ0) is 22.3. The van der Waals surface area contributed by atoms with Crippen molar-refractivity contribution in [2.75, 3.05) is 56.2 Å². The molecule has 174 valence electrons. The Morgan fingerprint density at radius 2 is 1.70 bits per heavy atom. The van der Waals surface area contributed by atoms with E-state index in [1.165, 1.54) is 24.3 Å². The molecular weight excluding hydrogens is 443 g/mol. The SMILES string of the molecule is COc1ccccc1N1CCN(CCN(C(=O)c2ccc(F)cc2)c2ccccn2)CC1.Cl. The number of amides is 1. The van der Waals surface area contributed by atoms with E-state index in [-0.39, 0.29) is 24.1 Å². The van der Waals surface area contributed by atoms with Gasteiger partial charge in [0.2, 0.25) is 0 Å². The van der Waals surface area contributed by atoms with E-state index >= 15 is 0 Å². The Hall–Kier alpha value is -3.16. The van der Waals surface area contributed by atoms with Gasteiger partial charge >= 0.3 is 0 Å². The normalized spacial score (nSPS) is 13.8. The number of carbonyl (C=O) groups is 1. The summed E-state index contributed by atoms with van der Waals surface area (Å²) in [4.78, 5) is 23.9. The molecule has 0 spiro atoms. The lowest BCUT2D eigenvalue weighted by atomic mass is 10.2. The minimum atomic E-state index is -0.362. The molecule has 0 bridgehead atoms. The molecule has 0 saturated carbocycles. The summed E-state index contributed by atoms with van der Waals surface area (Å²) in [6, 6.07) is 19.2. The third kappa shape index (κ3) is 6.00. The molecule has 3 aromatic rings. The second kappa shape index (κ2) is 11.6. The van der Waals surface area contributed by atoms with E-state index in [0.717, 1.165) is 44.2 Å². The Balaban J connectivity index is 0.00000306. The predicted molar refractivity (Wildman–Crippen MR) is 131 cm³/mol. The molecule has 2 aromatic carbocycles. The molecular formula is C25H28ClFN4O2. The summed E-state index contributed by atoms with van der Waals surface area (Å²) in [5, 5.41) is 0. The quantitative estimate of drug-likeness (QED) is 0.520. The first kappa shape index (κ1) is 24.5. The van der Waals surface area contributed by atoms with Crippen LogP contribution < -0.4 is 14.5 Å². The van der Waals surface area contributed by atoms with Crippen molar-refractivity contribution in [1.29, 1.82) is 0 Å². The first-order chi connectivity index (χ1) is 15.7. The highest BCUT2D eigenvalue weighted by molar-refractivity contribution is 6.05. The standard InChI is InChI=1S/C25H27FN4O2.ClH/c1-32-23-7-3-2-6-22(23)29-17-14-28(15-18-29)16-19-30(24-8-4-5-13-27-24)25(31)20-9-11-21(26)12-10-20;/h2-13H,14-19H2,1H3;1H. The van der Waals surface area contributed by atoms with Crippen LogP contribution >= 0.6 is 12.4 Å². The van der Waals surface area contributed by atoms with Gasteiger partial charge in [0.15, 0.2) is 0 Å². The maximum absolute atomic E-state index is 13.3. The molecule has 6 nitrogen and oxygen atoms in total. The first-order valence-electron chi connectivity index (χ1n) is 10.7. The summed E-state index contributed by atoms with van der Waals surface area (Å²) < 4.78 is 18.8. The van der Waals surface area contributed by atoms with Crippen LogP contribution in [0.2, 0.25) is 0 Å². The zero-order valence-corrected chi connectivity index (χ0v) is 19.4. The summed E-state index contributed by atoms with van der Waals surface area (Å²) in [5.41, 5.74) is 1.55. The number of methoxy groups -OCH3 is 1. The number of hydrogen-bond donors (Lipinski definition) is 0. The fourth-order valence-corrected chi connectivity index (χ4v) is 3.93. The number of ether oxygens (including phenoxy) is 1.